The summed E-state index contributed by atoms with van der Waals surface area (Å²) >= 11 is 0. The fourth-order valence-electron chi connectivity index (χ4n) is 6.70. The molecule has 3 fully saturated rings. The SMILES string of the molecule is COC1(C(F)(F)F)CN(C2CCC(CC#[N+]CN(CC(F)(F)F)C3CCC(C)(CC#N)CC3)(C(C)C)CC2)C1. The molecule has 5 nitrogen and oxygen atoms in total. The molecule has 3 rings (SSSR count). The van der Waals surface area contributed by atoms with Gasteiger partial charge < -0.3 is 4.74 Å². The fourth-order valence-corrected chi connectivity index (χ4v) is 6.70. The van der Waals surface area contributed by atoms with E-state index in [1.54, 1.807) is 0 Å². The molecule has 0 aromatic rings. The summed E-state index contributed by atoms with van der Waals surface area (Å²) in [7, 11) is 1.11. The van der Waals surface area contributed by atoms with Crippen LogP contribution in [0.5, 0.6) is 0 Å². The van der Waals surface area contributed by atoms with Crippen molar-refractivity contribution >= 4 is 0 Å². The van der Waals surface area contributed by atoms with Crippen LogP contribution in [0.3, 0.4) is 0 Å². The van der Waals surface area contributed by atoms with Crippen molar-refractivity contribution in [2.45, 2.75) is 115 Å². The number of nitrogens with zero attached hydrogens (tertiary/aromatic N) is 4. The monoisotopic (exact) mass is 565 g/mol. The van der Waals surface area contributed by atoms with Crippen LogP contribution in [0, 0.1) is 34.1 Å². The summed E-state index contributed by atoms with van der Waals surface area (Å²) in [6, 6.07) is 5.11. The Kier molecular flexibility index (Phi) is 9.94. The number of ether oxygens (including phenoxy) is 1. The maximum Gasteiger partial charge on any atom is 0.419 e. The van der Waals surface area contributed by atoms with Crippen molar-refractivity contribution in [3.63, 3.8) is 0 Å². The second-order valence-corrected chi connectivity index (χ2v) is 12.7. The molecule has 1 aliphatic heterocycles. The van der Waals surface area contributed by atoms with Crippen LogP contribution in [0.1, 0.15) is 85.0 Å². The van der Waals surface area contributed by atoms with Gasteiger partial charge in [-0.05, 0) is 68.1 Å². The van der Waals surface area contributed by atoms with E-state index in [1.807, 2.05) is 11.8 Å². The molecule has 0 bridgehead atoms. The molecule has 0 unspecified atom stereocenters. The predicted octanol–water partition coefficient (Wildman–Crippen LogP) is 7.24. The van der Waals surface area contributed by atoms with Gasteiger partial charge in [0.15, 0.2) is 5.60 Å². The highest BCUT2D eigenvalue weighted by Crippen LogP contribution is 2.49. The molecule has 39 heavy (non-hydrogen) atoms. The van der Waals surface area contributed by atoms with Crippen LogP contribution in [0.15, 0.2) is 0 Å². The molecule has 0 aromatic heterocycles. The van der Waals surface area contributed by atoms with E-state index in [0.717, 1.165) is 45.6 Å². The highest BCUT2D eigenvalue weighted by atomic mass is 19.4. The van der Waals surface area contributed by atoms with Crippen molar-refractivity contribution in [1.29, 1.82) is 5.26 Å². The molecule has 222 valence electrons. The van der Waals surface area contributed by atoms with Gasteiger partial charge in [0.1, 0.15) is 6.54 Å². The van der Waals surface area contributed by atoms with Gasteiger partial charge in [0.05, 0.1) is 12.5 Å². The first-order valence-electron chi connectivity index (χ1n) is 14.0. The molecule has 0 atom stereocenters. The van der Waals surface area contributed by atoms with Crippen LogP contribution in [0.25, 0.3) is 4.85 Å². The molecule has 2 saturated carbocycles. The summed E-state index contributed by atoms with van der Waals surface area (Å²) in [5.41, 5.74) is -2.33. The Bertz CT molecular complexity index is 910. The zero-order valence-corrected chi connectivity index (χ0v) is 23.6. The minimum absolute atomic E-state index is 0.0692. The summed E-state index contributed by atoms with van der Waals surface area (Å²) in [5, 5.41) is 9.06. The van der Waals surface area contributed by atoms with E-state index in [9.17, 15) is 26.3 Å². The molecular formula is C28H43F6N4O+. The lowest BCUT2D eigenvalue weighted by molar-refractivity contribution is -0.316. The Balaban J connectivity index is 1.57. The lowest BCUT2D eigenvalue weighted by atomic mass is 9.64. The molecular weight excluding hydrogens is 522 g/mol. The minimum atomic E-state index is -4.39. The minimum Gasteiger partial charge on any atom is -0.366 e. The fraction of sp³-hybridized carbons (Fsp3) is 0.929. The molecule has 0 radical (unpaired) electrons. The summed E-state index contributed by atoms with van der Waals surface area (Å²) in [6.45, 7) is 4.87. The second-order valence-electron chi connectivity index (χ2n) is 12.7. The summed E-state index contributed by atoms with van der Waals surface area (Å²) in [6.07, 6.45) is -1.98. The zero-order valence-electron chi connectivity index (χ0n) is 23.6. The van der Waals surface area contributed by atoms with E-state index in [2.05, 4.69) is 30.8 Å². The zero-order chi connectivity index (χ0) is 29.1. The Morgan fingerprint density at radius 1 is 1.00 bits per heavy atom. The smallest absolute Gasteiger partial charge is 0.366 e. The predicted molar refractivity (Wildman–Crippen MR) is 137 cm³/mol. The Hall–Kier alpha value is -1.56. The first-order chi connectivity index (χ1) is 18.1. The average Bonchev–Trinajstić information content (AvgIpc) is 2.80. The molecule has 1 heterocycles. The highest BCUT2D eigenvalue weighted by Gasteiger charge is 2.63. The van der Waals surface area contributed by atoms with Gasteiger partial charge in [0, 0.05) is 38.7 Å². The molecule has 0 amide bonds. The van der Waals surface area contributed by atoms with E-state index in [-0.39, 0.29) is 48.6 Å². The lowest BCUT2D eigenvalue weighted by Crippen LogP contribution is -2.72. The number of halogens is 6. The van der Waals surface area contributed by atoms with Crippen LogP contribution in [-0.2, 0) is 4.74 Å². The number of hydrogen-bond donors (Lipinski definition) is 0. The molecule has 3 aliphatic rings. The third-order valence-electron chi connectivity index (χ3n) is 9.88. The number of rotatable bonds is 8. The van der Waals surface area contributed by atoms with Crippen LogP contribution in [0.2, 0.25) is 0 Å². The second kappa shape index (κ2) is 12.1. The van der Waals surface area contributed by atoms with E-state index in [4.69, 9.17) is 10.00 Å². The molecule has 0 N–H and O–H groups in total. The first kappa shape index (κ1) is 32.0. The topological polar surface area (TPSA) is 43.9 Å². The van der Waals surface area contributed by atoms with Gasteiger partial charge in [0.2, 0.25) is 0 Å². The normalized spacial score (nSPS) is 31.9. The van der Waals surface area contributed by atoms with Gasteiger partial charge in [-0.15, -0.1) is 0 Å². The molecule has 2 aliphatic carbocycles. The largest absolute Gasteiger partial charge is 0.419 e. The average molecular weight is 566 g/mol. The Morgan fingerprint density at radius 2 is 1.59 bits per heavy atom. The number of hydrogen-bond acceptors (Lipinski definition) is 4. The van der Waals surface area contributed by atoms with Crippen molar-refractivity contribution in [2.75, 3.05) is 33.4 Å². The van der Waals surface area contributed by atoms with Gasteiger partial charge in [-0.1, -0.05) is 25.6 Å². The van der Waals surface area contributed by atoms with E-state index in [1.165, 1.54) is 4.90 Å². The van der Waals surface area contributed by atoms with Crippen molar-refractivity contribution < 1.29 is 31.1 Å². The molecule has 0 aromatic carbocycles. The van der Waals surface area contributed by atoms with Gasteiger partial charge in [-0.2, -0.15) is 31.6 Å². The van der Waals surface area contributed by atoms with E-state index in [0.29, 0.717) is 25.7 Å². The van der Waals surface area contributed by atoms with Crippen molar-refractivity contribution in [1.82, 2.24) is 9.80 Å². The van der Waals surface area contributed by atoms with Crippen molar-refractivity contribution in [2.24, 2.45) is 16.7 Å². The van der Waals surface area contributed by atoms with E-state index < -0.39 is 24.5 Å². The summed E-state index contributed by atoms with van der Waals surface area (Å²) in [4.78, 5) is 7.59. The highest BCUT2D eigenvalue weighted by molar-refractivity contribution is 5.07. The summed E-state index contributed by atoms with van der Waals surface area (Å²) < 4.78 is 85.0. The van der Waals surface area contributed by atoms with Crippen LogP contribution in [0.4, 0.5) is 26.3 Å². The quantitative estimate of drug-likeness (QED) is 0.291. The Morgan fingerprint density at radius 3 is 2.05 bits per heavy atom. The number of alkyl halides is 6. The van der Waals surface area contributed by atoms with Crippen LogP contribution in [-0.4, -0.2) is 73.2 Å². The van der Waals surface area contributed by atoms with E-state index >= 15 is 0 Å². The third-order valence-corrected chi connectivity index (χ3v) is 9.88. The molecule has 1 saturated heterocycles. The molecule has 11 heteroatoms. The van der Waals surface area contributed by atoms with Gasteiger partial charge in [0.25, 0.3) is 6.07 Å². The molecule has 0 spiro atoms. The number of methoxy groups -OCH3 is 1. The van der Waals surface area contributed by atoms with Crippen molar-refractivity contribution in [3.05, 3.63) is 4.85 Å². The number of likely N-dealkylation sites (tertiary alicyclic amines) is 1. The Labute approximate surface area is 228 Å². The van der Waals surface area contributed by atoms with Gasteiger partial charge in [-0.3, -0.25) is 4.90 Å². The van der Waals surface area contributed by atoms with Gasteiger partial charge in [-0.25, -0.2) is 4.90 Å². The van der Waals surface area contributed by atoms with Crippen molar-refractivity contribution in [3.8, 4) is 12.1 Å². The van der Waals surface area contributed by atoms with Crippen LogP contribution < -0.4 is 0 Å². The maximum atomic E-state index is 13.4. The standard InChI is InChI=1S/C28H43F6N4O/c1-21(2)25(11-7-22(8-12-25)37-17-26(18-37,39-4)28(32,33)34)14-16-36-20-38(19-27(29,30)31)23-5-9-24(3,10-6-23)13-15-35/h21-23H,5-14,17-20H2,1-4H3/q+1. The van der Waals surface area contributed by atoms with Gasteiger partial charge >= 0.3 is 19.0 Å². The third kappa shape index (κ3) is 7.59. The lowest BCUT2D eigenvalue weighted by Gasteiger charge is -2.54. The first-order valence-corrected chi connectivity index (χ1v) is 14.0. The summed E-state index contributed by atoms with van der Waals surface area (Å²) in [5.74, 6) is 0.285. The maximum absolute atomic E-state index is 13.4. The van der Waals surface area contributed by atoms with Crippen LogP contribution >= 0.6 is 0 Å². The number of nitriles is 1.